The summed E-state index contributed by atoms with van der Waals surface area (Å²) in [5.74, 6) is -5.73. The van der Waals surface area contributed by atoms with Crippen molar-refractivity contribution in [1.29, 1.82) is 0 Å². The second-order valence-electron chi connectivity index (χ2n) is 6.72. The summed E-state index contributed by atoms with van der Waals surface area (Å²) in [7, 11) is 5.25. The number of halogens is 2. The molecule has 0 bridgehead atoms. The van der Waals surface area contributed by atoms with E-state index in [9.17, 15) is 28.6 Å². The highest BCUT2D eigenvalue weighted by atomic mass is 19.1. The van der Waals surface area contributed by atoms with E-state index in [4.69, 9.17) is 0 Å². The molecule has 0 radical (unpaired) electrons. The van der Waals surface area contributed by atoms with Crippen molar-refractivity contribution in [3.8, 4) is 0 Å². The zero-order chi connectivity index (χ0) is 20.5. The minimum absolute atomic E-state index is 0.0443. The summed E-state index contributed by atoms with van der Waals surface area (Å²) in [6.45, 7) is 2.08. The predicted octanol–water partition coefficient (Wildman–Crippen LogP) is 2.64. The normalized spacial score (nSPS) is 17.7. The van der Waals surface area contributed by atoms with E-state index < -0.39 is 29.5 Å². The fraction of sp³-hybridized carbons (Fsp3) is 0.368. The Morgan fingerprint density at radius 1 is 1.07 bits per heavy atom. The molecule has 1 aliphatic heterocycles. The van der Waals surface area contributed by atoms with Gasteiger partial charge in [-0.3, -0.25) is 0 Å². The molecule has 1 atom stereocenters. The summed E-state index contributed by atoms with van der Waals surface area (Å²) >= 11 is 0. The van der Waals surface area contributed by atoms with Crippen LogP contribution in [0.25, 0.3) is 0 Å². The van der Waals surface area contributed by atoms with E-state index in [2.05, 4.69) is 0 Å². The second-order valence-corrected chi connectivity index (χ2v) is 6.72. The summed E-state index contributed by atoms with van der Waals surface area (Å²) in [6.07, 6.45) is 0.337. The molecule has 0 saturated carbocycles. The van der Waals surface area contributed by atoms with Gasteiger partial charge in [-0.05, 0) is 38.7 Å². The van der Waals surface area contributed by atoms with Crippen LogP contribution in [0.3, 0.4) is 0 Å². The number of nitrogens with zero attached hydrogens (tertiary/aromatic N) is 2. The Morgan fingerprint density at radius 3 is 2.04 bits per heavy atom. The topological polar surface area (TPSA) is 81.1 Å². The summed E-state index contributed by atoms with van der Waals surface area (Å²) in [6, 6.07) is 2.61. The van der Waals surface area contributed by atoms with Crippen molar-refractivity contribution in [1.82, 2.24) is 9.80 Å². The second kappa shape index (κ2) is 7.87. The first-order valence-corrected chi connectivity index (χ1v) is 8.29. The van der Waals surface area contributed by atoms with E-state index >= 15 is 0 Å². The van der Waals surface area contributed by atoms with Gasteiger partial charge in [0.1, 0.15) is 11.6 Å². The SMILES string of the molecule is CC1=C(C(=O)O)C(c2cc(F)cc(F)c2)C(C(=O)O)=C(CCN(C)C)N1C. The van der Waals surface area contributed by atoms with Crippen LogP contribution in [0.1, 0.15) is 24.8 Å². The van der Waals surface area contributed by atoms with Gasteiger partial charge < -0.3 is 20.0 Å². The van der Waals surface area contributed by atoms with Crippen LogP contribution in [0.15, 0.2) is 40.7 Å². The smallest absolute Gasteiger partial charge is 0.334 e. The zero-order valence-corrected chi connectivity index (χ0v) is 15.6. The molecule has 1 heterocycles. The highest BCUT2D eigenvalue weighted by molar-refractivity contribution is 5.98. The first-order valence-electron chi connectivity index (χ1n) is 8.29. The third kappa shape index (κ3) is 4.16. The molecule has 2 rings (SSSR count). The van der Waals surface area contributed by atoms with Crippen molar-refractivity contribution in [3.63, 3.8) is 0 Å². The fourth-order valence-corrected chi connectivity index (χ4v) is 3.32. The maximum absolute atomic E-state index is 13.8. The standard InChI is InChI=1S/C19H22F2N2O4/c1-10-15(18(24)25)16(11-7-12(20)9-13(21)8-11)17(19(26)27)14(23(10)4)5-6-22(2)3/h7-9,16H,5-6H2,1-4H3,(H,24,25)(H,26,27). The van der Waals surface area contributed by atoms with Crippen LogP contribution in [-0.4, -0.2) is 59.6 Å². The molecule has 146 valence electrons. The molecule has 1 aliphatic rings. The van der Waals surface area contributed by atoms with Crippen molar-refractivity contribution >= 4 is 11.9 Å². The van der Waals surface area contributed by atoms with Gasteiger partial charge in [-0.1, -0.05) is 0 Å². The maximum atomic E-state index is 13.8. The first-order chi connectivity index (χ1) is 12.5. The molecule has 27 heavy (non-hydrogen) atoms. The van der Waals surface area contributed by atoms with Gasteiger partial charge in [0.2, 0.25) is 0 Å². The van der Waals surface area contributed by atoms with E-state index in [-0.39, 0.29) is 16.7 Å². The summed E-state index contributed by atoms with van der Waals surface area (Å²) < 4.78 is 27.6. The number of hydrogen-bond acceptors (Lipinski definition) is 4. The summed E-state index contributed by atoms with van der Waals surface area (Å²) in [5, 5.41) is 19.6. The molecule has 0 saturated heterocycles. The number of hydrogen-bond donors (Lipinski definition) is 2. The van der Waals surface area contributed by atoms with E-state index in [1.165, 1.54) is 4.90 Å². The van der Waals surface area contributed by atoms with Gasteiger partial charge in [0.15, 0.2) is 0 Å². The molecule has 0 aliphatic carbocycles. The average molecular weight is 380 g/mol. The van der Waals surface area contributed by atoms with E-state index in [0.29, 0.717) is 30.4 Å². The molecule has 1 aromatic rings. The molecule has 0 fully saturated rings. The van der Waals surface area contributed by atoms with Crippen molar-refractivity contribution in [2.24, 2.45) is 0 Å². The number of carboxylic acids is 2. The Morgan fingerprint density at radius 2 is 1.59 bits per heavy atom. The van der Waals surface area contributed by atoms with E-state index in [1.54, 1.807) is 14.0 Å². The summed E-state index contributed by atoms with van der Waals surface area (Å²) in [4.78, 5) is 27.4. The van der Waals surface area contributed by atoms with Crippen molar-refractivity contribution in [3.05, 3.63) is 57.9 Å². The van der Waals surface area contributed by atoms with Gasteiger partial charge in [0, 0.05) is 37.5 Å². The Kier molecular flexibility index (Phi) is 6.00. The van der Waals surface area contributed by atoms with Gasteiger partial charge in [0.25, 0.3) is 0 Å². The van der Waals surface area contributed by atoms with Crippen LogP contribution in [-0.2, 0) is 9.59 Å². The van der Waals surface area contributed by atoms with Crippen molar-refractivity contribution in [2.75, 3.05) is 27.7 Å². The van der Waals surface area contributed by atoms with Crippen LogP contribution in [0.4, 0.5) is 8.78 Å². The highest BCUT2D eigenvalue weighted by Crippen LogP contribution is 2.42. The van der Waals surface area contributed by atoms with Gasteiger partial charge in [-0.15, -0.1) is 0 Å². The number of carbonyl (C=O) groups is 2. The van der Waals surface area contributed by atoms with Gasteiger partial charge in [0.05, 0.1) is 17.1 Å². The van der Waals surface area contributed by atoms with Crippen LogP contribution in [0.2, 0.25) is 0 Å². The molecule has 0 amide bonds. The highest BCUT2D eigenvalue weighted by Gasteiger charge is 2.39. The molecule has 6 nitrogen and oxygen atoms in total. The lowest BCUT2D eigenvalue weighted by atomic mass is 9.79. The van der Waals surface area contributed by atoms with Crippen LogP contribution >= 0.6 is 0 Å². The van der Waals surface area contributed by atoms with Crippen LogP contribution < -0.4 is 0 Å². The Hall–Kier alpha value is -2.74. The lowest BCUT2D eigenvalue weighted by Crippen LogP contribution is -2.34. The number of allylic oxidation sites excluding steroid dienone is 1. The Balaban J connectivity index is 2.77. The van der Waals surface area contributed by atoms with Gasteiger partial charge in [-0.2, -0.15) is 0 Å². The molecule has 0 spiro atoms. The molecule has 2 N–H and O–H groups in total. The largest absolute Gasteiger partial charge is 0.478 e. The molecule has 1 aromatic carbocycles. The fourth-order valence-electron chi connectivity index (χ4n) is 3.32. The van der Waals surface area contributed by atoms with Gasteiger partial charge in [-0.25, -0.2) is 18.4 Å². The van der Waals surface area contributed by atoms with Crippen LogP contribution in [0.5, 0.6) is 0 Å². The number of benzene rings is 1. The lowest BCUT2D eigenvalue weighted by Gasteiger charge is -2.36. The molecular formula is C19H22F2N2O4. The molecular weight excluding hydrogens is 358 g/mol. The molecule has 1 unspecified atom stereocenters. The number of aliphatic carboxylic acids is 2. The first kappa shape index (κ1) is 20.6. The average Bonchev–Trinajstić information content (AvgIpc) is 2.53. The van der Waals surface area contributed by atoms with E-state index in [1.807, 2.05) is 19.0 Å². The predicted molar refractivity (Wildman–Crippen MR) is 95.0 cm³/mol. The van der Waals surface area contributed by atoms with Crippen molar-refractivity contribution in [2.45, 2.75) is 19.3 Å². The maximum Gasteiger partial charge on any atom is 0.334 e. The zero-order valence-electron chi connectivity index (χ0n) is 15.6. The quantitative estimate of drug-likeness (QED) is 0.790. The molecule has 8 heteroatoms. The summed E-state index contributed by atoms with van der Waals surface area (Å²) in [5.41, 5.74) is 0.294. The third-order valence-corrected chi connectivity index (χ3v) is 4.66. The monoisotopic (exact) mass is 380 g/mol. The lowest BCUT2D eigenvalue weighted by molar-refractivity contribution is -0.133. The number of rotatable bonds is 6. The third-order valence-electron chi connectivity index (χ3n) is 4.66. The van der Waals surface area contributed by atoms with Crippen molar-refractivity contribution < 1.29 is 28.6 Å². The van der Waals surface area contributed by atoms with E-state index in [0.717, 1.165) is 12.1 Å². The minimum atomic E-state index is -1.33. The minimum Gasteiger partial charge on any atom is -0.478 e. The Bertz CT molecular complexity index is 826. The Labute approximate surface area is 156 Å². The van der Waals surface area contributed by atoms with Crippen LogP contribution in [0, 0.1) is 11.6 Å². The molecule has 0 aromatic heterocycles. The van der Waals surface area contributed by atoms with Gasteiger partial charge >= 0.3 is 11.9 Å². The number of carboxylic acid groups (broad SMARTS) is 2.